The number of hydrogen-bond acceptors (Lipinski definition) is 1. The molecule has 2 atom stereocenters. The summed E-state index contributed by atoms with van der Waals surface area (Å²) in [6, 6.07) is 0. The van der Waals surface area contributed by atoms with Gasteiger partial charge in [-0.25, -0.2) is 0 Å². The van der Waals surface area contributed by atoms with Crippen molar-refractivity contribution in [3.05, 3.63) is 25.3 Å². The molecule has 0 aliphatic heterocycles. The van der Waals surface area contributed by atoms with Crippen molar-refractivity contribution in [1.82, 2.24) is 0 Å². The molecular formula is C11H16O. The average Bonchev–Trinajstić information content (AvgIpc) is 2.11. The molecule has 0 amide bonds. The minimum absolute atomic E-state index is 0.135. The molecule has 0 unspecified atom stereocenters. The third-order valence-electron chi connectivity index (χ3n) is 1.75. The maximum atomic E-state index is 9.22. The molecule has 0 saturated carbocycles. The van der Waals surface area contributed by atoms with Crippen molar-refractivity contribution in [2.75, 3.05) is 0 Å². The first-order valence-corrected chi connectivity index (χ1v) is 4.12. The van der Waals surface area contributed by atoms with Crippen molar-refractivity contribution in [2.24, 2.45) is 5.92 Å². The predicted molar refractivity (Wildman–Crippen MR) is 52.6 cm³/mol. The van der Waals surface area contributed by atoms with Crippen LogP contribution in [0.3, 0.4) is 0 Å². The highest BCUT2D eigenvalue weighted by Gasteiger charge is 2.08. The highest BCUT2D eigenvalue weighted by atomic mass is 16.3. The number of rotatable bonds is 6. The Hall–Kier alpha value is -1.00. The van der Waals surface area contributed by atoms with Crippen molar-refractivity contribution in [2.45, 2.75) is 25.4 Å². The Kier molecular flexibility index (Phi) is 6.14. The van der Waals surface area contributed by atoms with Gasteiger partial charge in [0.15, 0.2) is 0 Å². The van der Waals surface area contributed by atoms with E-state index in [1.807, 2.05) is 6.08 Å². The second kappa shape index (κ2) is 6.69. The van der Waals surface area contributed by atoms with Gasteiger partial charge in [-0.05, 0) is 19.3 Å². The zero-order valence-corrected chi connectivity index (χ0v) is 7.37. The second-order valence-electron chi connectivity index (χ2n) is 2.77. The minimum Gasteiger partial charge on any atom is -0.389 e. The van der Waals surface area contributed by atoms with Crippen molar-refractivity contribution in [3.8, 4) is 12.3 Å². The molecule has 0 aliphatic rings. The zero-order chi connectivity index (χ0) is 9.40. The van der Waals surface area contributed by atoms with Gasteiger partial charge < -0.3 is 5.11 Å². The quantitative estimate of drug-likeness (QED) is 0.471. The molecule has 0 spiro atoms. The lowest BCUT2D eigenvalue weighted by atomic mass is 9.97. The van der Waals surface area contributed by atoms with Crippen LogP contribution in [-0.4, -0.2) is 11.2 Å². The fourth-order valence-electron chi connectivity index (χ4n) is 0.976. The van der Waals surface area contributed by atoms with E-state index in [4.69, 9.17) is 6.42 Å². The molecule has 0 saturated heterocycles. The van der Waals surface area contributed by atoms with Gasteiger partial charge in [0.1, 0.15) is 0 Å². The van der Waals surface area contributed by atoms with Crippen molar-refractivity contribution in [1.29, 1.82) is 0 Å². The fourth-order valence-corrected chi connectivity index (χ4v) is 0.976. The van der Waals surface area contributed by atoms with Gasteiger partial charge in [-0.15, -0.1) is 25.5 Å². The summed E-state index contributed by atoms with van der Waals surface area (Å²) in [5.74, 6) is 2.78. The predicted octanol–water partition coefficient (Wildman–Crippen LogP) is 2.14. The van der Waals surface area contributed by atoms with Gasteiger partial charge in [-0.2, -0.15) is 0 Å². The Bertz CT molecular complexity index is 176. The van der Waals surface area contributed by atoms with Gasteiger partial charge in [-0.1, -0.05) is 12.2 Å². The molecule has 0 radical (unpaired) electrons. The Morgan fingerprint density at radius 2 is 2.17 bits per heavy atom. The van der Waals surface area contributed by atoms with Gasteiger partial charge in [0.2, 0.25) is 0 Å². The standard InChI is InChI=1S/C11H16O/c1-4-7-8-10(5-2)9-11(12)6-3/h2,4,6,10-12H,1,3,7-9H2/t10-,11+/m1/s1. The molecule has 0 bridgehead atoms. The van der Waals surface area contributed by atoms with Crippen LogP contribution in [0.2, 0.25) is 0 Å². The van der Waals surface area contributed by atoms with Crippen molar-refractivity contribution in [3.63, 3.8) is 0 Å². The van der Waals surface area contributed by atoms with Crippen LogP contribution < -0.4 is 0 Å². The van der Waals surface area contributed by atoms with E-state index in [0.29, 0.717) is 6.42 Å². The van der Waals surface area contributed by atoms with Crippen LogP contribution in [0.15, 0.2) is 25.3 Å². The number of aliphatic hydroxyl groups is 1. The Morgan fingerprint density at radius 1 is 1.50 bits per heavy atom. The molecule has 0 fully saturated rings. The molecule has 1 N–H and O–H groups in total. The molecule has 66 valence electrons. The van der Waals surface area contributed by atoms with E-state index in [1.54, 1.807) is 0 Å². The first kappa shape index (κ1) is 11.0. The van der Waals surface area contributed by atoms with Gasteiger partial charge in [0, 0.05) is 5.92 Å². The SMILES string of the molecule is C#C[C@H](CCC=C)C[C@@H](O)C=C. The van der Waals surface area contributed by atoms with E-state index in [9.17, 15) is 5.11 Å². The summed E-state index contributed by atoms with van der Waals surface area (Å²) in [4.78, 5) is 0. The van der Waals surface area contributed by atoms with Crippen LogP contribution in [-0.2, 0) is 0 Å². The summed E-state index contributed by atoms with van der Waals surface area (Å²) < 4.78 is 0. The molecule has 0 aliphatic carbocycles. The maximum absolute atomic E-state index is 9.22. The molecule has 0 aromatic carbocycles. The normalized spacial score (nSPS) is 14.3. The van der Waals surface area contributed by atoms with E-state index < -0.39 is 6.10 Å². The fraction of sp³-hybridized carbons (Fsp3) is 0.455. The Labute approximate surface area is 74.8 Å². The van der Waals surface area contributed by atoms with Crippen LogP contribution in [0.25, 0.3) is 0 Å². The first-order valence-electron chi connectivity index (χ1n) is 4.12. The Morgan fingerprint density at radius 3 is 2.58 bits per heavy atom. The van der Waals surface area contributed by atoms with Gasteiger partial charge in [0.05, 0.1) is 6.10 Å². The summed E-state index contributed by atoms with van der Waals surface area (Å²) in [6.45, 7) is 7.10. The lowest BCUT2D eigenvalue weighted by Crippen LogP contribution is -2.09. The van der Waals surface area contributed by atoms with Crippen LogP contribution in [0.1, 0.15) is 19.3 Å². The van der Waals surface area contributed by atoms with Crippen molar-refractivity contribution >= 4 is 0 Å². The largest absolute Gasteiger partial charge is 0.389 e. The number of terminal acetylenes is 1. The number of hydrogen-bond donors (Lipinski definition) is 1. The van der Waals surface area contributed by atoms with Gasteiger partial charge in [0.25, 0.3) is 0 Å². The smallest absolute Gasteiger partial charge is 0.0730 e. The number of allylic oxidation sites excluding steroid dienone is 1. The van der Waals surface area contributed by atoms with E-state index in [1.165, 1.54) is 6.08 Å². The van der Waals surface area contributed by atoms with Gasteiger partial charge >= 0.3 is 0 Å². The van der Waals surface area contributed by atoms with Crippen LogP contribution in [0, 0.1) is 18.3 Å². The molecule has 0 aromatic heterocycles. The maximum Gasteiger partial charge on any atom is 0.0730 e. The lowest BCUT2D eigenvalue weighted by Gasteiger charge is -2.11. The number of aliphatic hydroxyl groups excluding tert-OH is 1. The molecule has 0 aromatic rings. The second-order valence-corrected chi connectivity index (χ2v) is 2.77. The van der Waals surface area contributed by atoms with E-state index >= 15 is 0 Å². The topological polar surface area (TPSA) is 20.2 Å². The van der Waals surface area contributed by atoms with E-state index in [2.05, 4.69) is 19.1 Å². The molecule has 12 heavy (non-hydrogen) atoms. The summed E-state index contributed by atoms with van der Waals surface area (Å²) in [5, 5.41) is 9.22. The summed E-state index contributed by atoms with van der Waals surface area (Å²) in [7, 11) is 0. The highest BCUT2D eigenvalue weighted by Crippen LogP contribution is 2.13. The molecule has 1 nitrogen and oxygen atoms in total. The minimum atomic E-state index is -0.476. The van der Waals surface area contributed by atoms with E-state index in [-0.39, 0.29) is 5.92 Å². The third-order valence-corrected chi connectivity index (χ3v) is 1.75. The third kappa shape index (κ3) is 4.76. The summed E-state index contributed by atoms with van der Waals surface area (Å²) in [6.07, 6.45) is 10.6. The molecular weight excluding hydrogens is 148 g/mol. The zero-order valence-electron chi connectivity index (χ0n) is 7.37. The van der Waals surface area contributed by atoms with Gasteiger partial charge in [-0.3, -0.25) is 0 Å². The van der Waals surface area contributed by atoms with Crippen LogP contribution in [0.5, 0.6) is 0 Å². The van der Waals surface area contributed by atoms with Crippen molar-refractivity contribution < 1.29 is 5.11 Å². The lowest BCUT2D eigenvalue weighted by molar-refractivity contribution is 0.197. The summed E-state index contributed by atoms with van der Waals surface area (Å²) >= 11 is 0. The Balaban J connectivity index is 3.75. The molecule has 0 rings (SSSR count). The van der Waals surface area contributed by atoms with E-state index in [0.717, 1.165) is 12.8 Å². The first-order chi connectivity index (χ1) is 5.74. The monoisotopic (exact) mass is 164 g/mol. The molecule has 1 heteroatoms. The highest BCUT2D eigenvalue weighted by molar-refractivity contribution is 4.96. The van der Waals surface area contributed by atoms with Crippen LogP contribution >= 0.6 is 0 Å². The molecule has 0 heterocycles. The summed E-state index contributed by atoms with van der Waals surface area (Å²) in [5.41, 5.74) is 0. The van der Waals surface area contributed by atoms with Crippen LogP contribution in [0.4, 0.5) is 0 Å². The average molecular weight is 164 g/mol.